The molecule has 1 heteroatoms. The molecule has 0 bridgehead atoms. The molecule has 3 N–H and O–H groups in total. The first-order valence-electron chi connectivity index (χ1n) is 6.88. The van der Waals surface area contributed by atoms with Crippen molar-refractivity contribution in [3.63, 3.8) is 0 Å². The summed E-state index contributed by atoms with van der Waals surface area (Å²) in [5, 5.41) is 2.67. The van der Waals surface area contributed by atoms with Crippen LogP contribution in [0, 0.1) is 5.41 Å². The zero-order valence-electron chi connectivity index (χ0n) is 13.0. The molecule has 0 aliphatic carbocycles. The summed E-state index contributed by atoms with van der Waals surface area (Å²) in [5.74, 6) is 0. The van der Waals surface area contributed by atoms with Gasteiger partial charge < -0.3 is 6.15 Å². The van der Waals surface area contributed by atoms with Gasteiger partial charge in [-0.3, -0.25) is 0 Å². The van der Waals surface area contributed by atoms with Crippen LogP contribution >= 0.6 is 0 Å². The molecule has 0 aromatic heterocycles. The highest BCUT2D eigenvalue weighted by molar-refractivity contribution is 5.83. The largest absolute Gasteiger partial charge is 0.344 e. The van der Waals surface area contributed by atoms with Crippen LogP contribution in [-0.4, -0.2) is 0 Å². The standard InChI is InChI=1S/C18H24.H3N/c1-6-17(2,3)18(4,5)16-12-11-14-9-7-8-10-15(14)13-16;/h7-13H,6H2,1-5H3;1H3. The molecule has 0 saturated carbocycles. The van der Waals surface area contributed by atoms with Gasteiger partial charge in [0.1, 0.15) is 0 Å². The van der Waals surface area contributed by atoms with E-state index in [-0.39, 0.29) is 11.6 Å². The molecule has 0 atom stereocenters. The molecule has 0 amide bonds. The van der Waals surface area contributed by atoms with Crippen molar-refractivity contribution in [3.05, 3.63) is 48.0 Å². The summed E-state index contributed by atoms with van der Waals surface area (Å²) < 4.78 is 0. The maximum Gasteiger partial charge on any atom is -0.00523 e. The minimum atomic E-state index is 0. The minimum absolute atomic E-state index is 0. The Bertz CT molecular complexity index is 552. The molecule has 0 aliphatic heterocycles. The molecule has 1 nitrogen and oxygen atoms in total. The van der Waals surface area contributed by atoms with Gasteiger partial charge in [-0.05, 0) is 27.2 Å². The number of fused-ring (bicyclic) bond motifs is 1. The molecular formula is C18H27N. The fourth-order valence-electron chi connectivity index (χ4n) is 2.41. The highest BCUT2D eigenvalue weighted by Gasteiger charge is 2.36. The van der Waals surface area contributed by atoms with E-state index in [0.29, 0.717) is 5.41 Å². The fourth-order valence-corrected chi connectivity index (χ4v) is 2.41. The first kappa shape index (κ1) is 15.7. The smallest absolute Gasteiger partial charge is 0.00523 e. The van der Waals surface area contributed by atoms with Crippen molar-refractivity contribution < 1.29 is 0 Å². The third-order valence-corrected chi connectivity index (χ3v) is 5.05. The van der Waals surface area contributed by atoms with E-state index >= 15 is 0 Å². The maximum atomic E-state index is 2.36. The molecule has 19 heavy (non-hydrogen) atoms. The molecular weight excluding hydrogens is 230 g/mol. The van der Waals surface area contributed by atoms with Gasteiger partial charge in [0.2, 0.25) is 0 Å². The van der Waals surface area contributed by atoms with Crippen LogP contribution in [-0.2, 0) is 5.41 Å². The normalized spacial score (nSPS) is 12.3. The van der Waals surface area contributed by atoms with Crippen molar-refractivity contribution in [3.8, 4) is 0 Å². The van der Waals surface area contributed by atoms with Gasteiger partial charge in [-0.15, -0.1) is 0 Å². The summed E-state index contributed by atoms with van der Waals surface area (Å²) >= 11 is 0. The second-order valence-electron chi connectivity index (χ2n) is 6.42. The van der Waals surface area contributed by atoms with E-state index in [4.69, 9.17) is 0 Å². The van der Waals surface area contributed by atoms with Gasteiger partial charge in [0.25, 0.3) is 0 Å². The lowest BCUT2D eigenvalue weighted by atomic mass is 9.63. The Morgan fingerprint density at radius 1 is 0.842 bits per heavy atom. The maximum absolute atomic E-state index is 2.36. The molecule has 0 radical (unpaired) electrons. The van der Waals surface area contributed by atoms with Crippen LogP contribution in [0.2, 0.25) is 0 Å². The quantitative estimate of drug-likeness (QED) is 0.750. The van der Waals surface area contributed by atoms with Crippen LogP contribution < -0.4 is 6.15 Å². The molecule has 2 aromatic carbocycles. The lowest BCUT2D eigenvalue weighted by molar-refractivity contribution is 0.189. The highest BCUT2D eigenvalue weighted by Crippen LogP contribution is 2.44. The van der Waals surface area contributed by atoms with Crippen molar-refractivity contribution in [2.24, 2.45) is 5.41 Å². The second-order valence-corrected chi connectivity index (χ2v) is 6.42. The zero-order chi connectivity index (χ0) is 13.4. The van der Waals surface area contributed by atoms with E-state index in [9.17, 15) is 0 Å². The summed E-state index contributed by atoms with van der Waals surface area (Å²) in [6.45, 7) is 11.7. The second kappa shape index (κ2) is 5.34. The predicted octanol–water partition coefficient (Wildman–Crippen LogP) is 5.72. The Labute approximate surface area is 117 Å². The minimum Gasteiger partial charge on any atom is -0.344 e. The summed E-state index contributed by atoms with van der Waals surface area (Å²) in [6, 6.07) is 15.5. The van der Waals surface area contributed by atoms with Gasteiger partial charge in [-0.25, -0.2) is 0 Å². The molecule has 0 fully saturated rings. The van der Waals surface area contributed by atoms with E-state index in [2.05, 4.69) is 77.1 Å². The Kier molecular flexibility index (Phi) is 4.42. The van der Waals surface area contributed by atoms with Crippen LogP contribution in [0.25, 0.3) is 10.8 Å². The number of hydrogen-bond donors (Lipinski definition) is 1. The van der Waals surface area contributed by atoms with Gasteiger partial charge in [-0.2, -0.15) is 0 Å². The van der Waals surface area contributed by atoms with Crippen molar-refractivity contribution in [1.29, 1.82) is 0 Å². The van der Waals surface area contributed by atoms with E-state index in [1.54, 1.807) is 0 Å². The van der Waals surface area contributed by atoms with Crippen molar-refractivity contribution in [1.82, 2.24) is 6.15 Å². The van der Waals surface area contributed by atoms with Crippen molar-refractivity contribution in [2.75, 3.05) is 0 Å². The lowest BCUT2D eigenvalue weighted by Gasteiger charge is -2.42. The van der Waals surface area contributed by atoms with Crippen LogP contribution in [0.4, 0.5) is 0 Å². The molecule has 2 rings (SSSR count). The third kappa shape index (κ3) is 2.66. The summed E-state index contributed by atoms with van der Waals surface area (Å²) in [4.78, 5) is 0. The fraction of sp³-hybridized carbons (Fsp3) is 0.444. The Balaban J connectivity index is 0.00000180. The predicted molar refractivity (Wildman–Crippen MR) is 86.1 cm³/mol. The number of benzene rings is 2. The number of hydrogen-bond acceptors (Lipinski definition) is 1. The number of rotatable bonds is 3. The van der Waals surface area contributed by atoms with Crippen LogP contribution in [0.5, 0.6) is 0 Å². The van der Waals surface area contributed by atoms with Crippen LogP contribution in [0.15, 0.2) is 42.5 Å². The highest BCUT2D eigenvalue weighted by atomic mass is 14.4. The SMILES string of the molecule is CCC(C)(C)C(C)(C)c1ccc2ccccc2c1.N. The molecule has 0 heterocycles. The van der Waals surface area contributed by atoms with Crippen molar-refractivity contribution in [2.45, 2.75) is 46.5 Å². The van der Waals surface area contributed by atoms with E-state index in [0.717, 1.165) is 0 Å². The summed E-state index contributed by atoms with van der Waals surface area (Å²) in [6.07, 6.45) is 1.19. The topological polar surface area (TPSA) is 35.0 Å². The molecule has 0 aliphatic rings. The van der Waals surface area contributed by atoms with Crippen LogP contribution in [0.3, 0.4) is 0 Å². The van der Waals surface area contributed by atoms with Gasteiger partial charge in [0.15, 0.2) is 0 Å². The van der Waals surface area contributed by atoms with Crippen molar-refractivity contribution >= 4 is 10.8 Å². The average molecular weight is 257 g/mol. The summed E-state index contributed by atoms with van der Waals surface area (Å²) in [7, 11) is 0. The lowest BCUT2D eigenvalue weighted by Crippen LogP contribution is -2.35. The third-order valence-electron chi connectivity index (χ3n) is 5.05. The summed E-state index contributed by atoms with van der Waals surface area (Å²) in [5.41, 5.74) is 1.93. The van der Waals surface area contributed by atoms with Crippen LogP contribution in [0.1, 0.15) is 46.6 Å². The monoisotopic (exact) mass is 257 g/mol. The first-order valence-corrected chi connectivity index (χ1v) is 6.88. The Morgan fingerprint density at radius 3 is 2.00 bits per heavy atom. The Morgan fingerprint density at radius 2 is 1.42 bits per heavy atom. The van der Waals surface area contributed by atoms with E-state index in [1.165, 1.54) is 22.8 Å². The van der Waals surface area contributed by atoms with E-state index < -0.39 is 0 Å². The molecule has 104 valence electrons. The first-order chi connectivity index (χ1) is 8.38. The average Bonchev–Trinajstić information content (AvgIpc) is 2.37. The molecule has 2 aromatic rings. The van der Waals surface area contributed by atoms with E-state index in [1.807, 2.05) is 0 Å². The molecule has 0 spiro atoms. The van der Waals surface area contributed by atoms with Gasteiger partial charge in [-0.1, -0.05) is 83.5 Å². The van der Waals surface area contributed by atoms with Gasteiger partial charge in [0.05, 0.1) is 0 Å². The molecule has 0 unspecified atom stereocenters. The molecule has 0 saturated heterocycles. The van der Waals surface area contributed by atoms with Gasteiger partial charge >= 0.3 is 0 Å². The zero-order valence-corrected chi connectivity index (χ0v) is 13.0. The van der Waals surface area contributed by atoms with Gasteiger partial charge in [0, 0.05) is 0 Å². The Hall–Kier alpha value is -1.34.